The summed E-state index contributed by atoms with van der Waals surface area (Å²) >= 11 is 0. The van der Waals surface area contributed by atoms with Crippen molar-refractivity contribution in [3.63, 3.8) is 0 Å². The molecule has 1 aliphatic rings. The van der Waals surface area contributed by atoms with Crippen LogP contribution in [-0.4, -0.2) is 6.10 Å². The van der Waals surface area contributed by atoms with E-state index >= 15 is 0 Å². The summed E-state index contributed by atoms with van der Waals surface area (Å²) in [6.45, 7) is 6.69. The topological polar surface area (TPSA) is 9.23 Å². The Morgan fingerprint density at radius 3 is 2.22 bits per heavy atom. The fourth-order valence-electron chi connectivity index (χ4n) is 4.10. The fraction of sp³-hybridized carbons (Fsp3) is 0.545. The Bertz CT molecular complexity index is 800. The van der Waals surface area contributed by atoms with Gasteiger partial charge in [-0.3, -0.25) is 0 Å². The minimum Gasteiger partial charge on any atom is -0.490 e. The molecular formula is C22H28F3OP. The minimum atomic E-state index is -4.44. The van der Waals surface area contributed by atoms with E-state index in [-0.39, 0.29) is 22.7 Å². The minimum absolute atomic E-state index is 0.0344. The van der Waals surface area contributed by atoms with Gasteiger partial charge in [-0.1, -0.05) is 45.0 Å². The molecule has 0 saturated heterocycles. The molecule has 1 aliphatic carbocycles. The van der Waals surface area contributed by atoms with Gasteiger partial charge in [0, 0.05) is 0 Å². The lowest BCUT2D eigenvalue weighted by molar-refractivity contribution is -0.138. The van der Waals surface area contributed by atoms with Crippen molar-refractivity contribution in [2.75, 3.05) is 0 Å². The molecular weight excluding hydrogens is 368 g/mol. The zero-order chi connectivity index (χ0) is 19.8. The first kappa shape index (κ1) is 20.5. The zero-order valence-electron chi connectivity index (χ0n) is 16.2. The highest BCUT2D eigenvalue weighted by Crippen LogP contribution is 2.44. The van der Waals surface area contributed by atoms with E-state index in [4.69, 9.17) is 4.74 Å². The maximum Gasteiger partial charge on any atom is 0.420 e. The molecule has 1 saturated carbocycles. The lowest BCUT2D eigenvalue weighted by Crippen LogP contribution is -2.31. The molecule has 27 heavy (non-hydrogen) atoms. The maximum absolute atomic E-state index is 13.8. The Hall–Kier alpha value is -1.28. The molecule has 1 atom stereocenters. The second-order valence-corrected chi connectivity index (χ2v) is 9.06. The van der Waals surface area contributed by atoms with E-state index in [9.17, 15) is 13.2 Å². The Labute approximate surface area is 161 Å². The van der Waals surface area contributed by atoms with Crippen LogP contribution >= 0.6 is 9.24 Å². The molecule has 1 nitrogen and oxygen atoms in total. The highest BCUT2D eigenvalue weighted by molar-refractivity contribution is 7.15. The zero-order valence-corrected chi connectivity index (χ0v) is 17.4. The van der Waals surface area contributed by atoms with Crippen LogP contribution in [0.5, 0.6) is 5.75 Å². The van der Waals surface area contributed by atoms with Crippen molar-refractivity contribution >= 4 is 20.0 Å². The lowest BCUT2D eigenvalue weighted by Gasteiger charge is -2.37. The molecule has 0 bridgehead atoms. The van der Waals surface area contributed by atoms with E-state index in [1.54, 1.807) is 18.2 Å². The maximum atomic E-state index is 13.8. The number of rotatable bonds is 3. The normalized spacial score (nSPS) is 21.4. The molecule has 0 aromatic heterocycles. The number of alkyl halides is 3. The number of benzene rings is 2. The number of fused-ring (bicyclic) bond motifs is 1. The summed E-state index contributed by atoms with van der Waals surface area (Å²) in [6, 6.07) is 8.37. The van der Waals surface area contributed by atoms with Crippen molar-refractivity contribution in [3.05, 3.63) is 41.5 Å². The molecule has 0 N–H and O–H groups in total. The number of hydrogen-bond donors (Lipinski definition) is 0. The molecule has 5 heteroatoms. The van der Waals surface area contributed by atoms with Crippen LogP contribution in [0.3, 0.4) is 0 Å². The predicted octanol–water partition coefficient (Wildman–Crippen LogP) is 7.22. The van der Waals surface area contributed by atoms with Crippen molar-refractivity contribution in [2.45, 2.75) is 64.9 Å². The molecule has 1 fully saturated rings. The van der Waals surface area contributed by atoms with Crippen molar-refractivity contribution in [1.82, 2.24) is 0 Å². The SMILES string of the molecule is CC(C)(C)C1CCC(Oc2ccc3cc(CP)ccc3c2C(F)(F)F)CC1. The van der Waals surface area contributed by atoms with Gasteiger partial charge in [-0.15, -0.1) is 9.24 Å². The third kappa shape index (κ3) is 4.59. The van der Waals surface area contributed by atoms with Crippen LogP contribution in [0.2, 0.25) is 0 Å². The van der Waals surface area contributed by atoms with Gasteiger partial charge in [0.25, 0.3) is 0 Å². The Morgan fingerprint density at radius 2 is 1.67 bits per heavy atom. The van der Waals surface area contributed by atoms with Crippen LogP contribution in [0.4, 0.5) is 13.2 Å². The summed E-state index contributed by atoms with van der Waals surface area (Å²) in [5.41, 5.74) is 0.586. The summed E-state index contributed by atoms with van der Waals surface area (Å²) in [6.07, 6.45) is -0.256. The highest BCUT2D eigenvalue weighted by Gasteiger charge is 2.38. The van der Waals surface area contributed by atoms with Gasteiger partial charge in [-0.05, 0) is 65.6 Å². The second kappa shape index (κ2) is 7.62. The number of hydrogen-bond acceptors (Lipinski definition) is 1. The Kier molecular flexibility index (Phi) is 5.77. The smallest absolute Gasteiger partial charge is 0.420 e. The standard InChI is InChI=1S/C22H28F3OP/c1-21(2,3)16-6-8-17(9-7-16)26-19-11-5-15-12-14(13-27)4-10-18(15)20(19)22(23,24)25/h4-5,10-12,16-17H,6-9,13,27H2,1-3H3. The lowest BCUT2D eigenvalue weighted by atomic mass is 9.72. The largest absolute Gasteiger partial charge is 0.490 e. The van der Waals surface area contributed by atoms with Crippen molar-refractivity contribution < 1.29 is 17.9 Å². The number of ether oxygens (including phenoxy) is 1. The van der Waals surface area contributed by atoms with Gasteiger partial charge in [0.2, 0.25) is 0 Å². The van der Waals surface area contributed by atoms with E-state index in [0.717, 1.165) is 31.2 Å². The van der Waals surface area contributed by atoms with Gasteiger partial charge in [0.1, 0.15) is 11.3 Å². The average Bonchev–Trinajstić information content (AvgIpc) is 2.59. The van der Waals surface area contributed by atoms with Crippen LogP contribution in [0.1, 0.15) is 57.6 Å². The van der Waals surface area contributed by atoms with Crippen LogP contribution in [0, 0.1) is 11.3 Å². The van der Waals surface area contributed by atoms with E-state index in [0.29, 0.717) is 17.5 Å². The van der Waals surface area contributed by atoms with Crippen LogP contribution in [0.25, 0.3) is 10.8 Å². The van der Waals surface area contributed by atoms with Crippen molar-refractivity contribution in [3.8, 4) is 5.75 Å². The predicted molar refractivity (Wildman–Crippen MR) is 108 cm³/mol. The molecule has 1 unspecified atom stereocenters. The van der Waals surface area contributed by atoms with Gasteiger partial charge in [0.15, 0.2) is 0 Å². The van der Waals surface area contributed by atoms with E-state index < -0.39 is 11.7 Å². The fourth-order valence-corrected chi connectivity index (χ4v) is 4.36. The van der Waals surface area contributed by atoms with E-state index in [1.807, 2.05) is 6.07 Å². The van der Waals surface area contributed by atoms with Crippen molar-refractivity contribution in [1.29, 1.82) is 0 Å². The van der Waals surface area contributed by atoms with Crippen LogP contribution < -0.4 is 4.74 Å². The first-order valence-corrected chi connectivity index (χ1v) is 10.4. The van der Waals surface area contributed by atoms with E-state index in [2.05, 4.69) is 30.0 Å². The third-order valence-corrected chi connectivity index (χ3v) is 6.23. The molecule has 0 aliphatic heterocycles. The first-order valence-electron chi connectivity index (χ1n) is 9.59. The van der Waals surface area contributed by atoms with E-state index in [1.165, 1.54) is 6.07 Å². The Balaban J connectivity index is 1.89. The monoisotopic (exact) mass is 396 g/mol. The summed E-state index contributed by atoms with van der Waals surface area (Å²) < 4.78 is 47.5. The van der Waals surface area contributed by atoms with Gasteiger partial charge < -0.3 is 4.74 Å². The molecule has 0 spiro atoms. The molecule has 2 aromatic carbocycles. The summed E-state index contributed by atoms with van der Waals surface area (Å²) in [4.78, 5) is 0. The molecule has 3 rings (SSSR count). The van der Waals surface area contributed by atoms with Crippen molar-refractivity contribution in [2.24, 2.45) is 11.3 Å². The van der Waals surface area contributed by atoms with Gasteiger partial charge in [-0.2, -0.15) is 13.2 Å². The van der Waals surface area contributed by atoms with Crippen LogP contribution in [0.15, 0.2) is 30.3 Å². The molecule has 2 aromatic rings. The average molecular weight is 396 g/mol. The van der Waals surface area contributed by atoms with Gasteiger partial charge in [-0.25, -0.2) is 0 Å². The van der Waals surface area contributed by atoms with Gasteiger partial charge >= 0.3 is 6.18 Å². The Morgan fingerprint density at radius 1 is 1.00 bits per heavy atom. The highest BCUT2D eigenvalue weighted by atomic mass is 31.0. The third-order valence-electron chi connectivity index (χ3n) is 5.76. The van der Waals surface area contributed by atoms with Crippen LogP contribution in [-0.2, 0) is 12.3 Å². The molecule has 148 valence electrons. The molecule has 0 heterocycles. The molecule has 0 radical (unpaired) electrons. The quantitative estimate of drug-likeness (QED) is 0.498. The second-order valence-electron chi connectivity index (χ2n) is 8.65. The van der Waals surface area contributed by atoms with Gasteiger partial charge in [0.05, 0.1) is 6.10 Å². The summed E-state index contributed by atoms with van der Waals surface area (Å²) in [5.74, 6) is 0.564. The molecule has 0 amide bonds. The summed E-state index contributed by atoms with van der Waals surface area (Å²) in [5, 5.41) is 0.816. The first-order chi connectivity index (χ1) is 12.6. The number of halogens is 3. The summed E-state index contributed by atoms with van der Waals surface area (Å²) in [7, 11) is 2.60.